The second-order valence-corrected chi connectivity index (χ2v) is 6.28. The summed E-state index contributed by atoms with van der Waals surface area (Å²) in [7, 11) is 0. The van der Waals surface area contributed by atoms with Crippen LogP contribution in [0.3, 0.4) is 0 Å². The van der Waals surface area contributed by atoms with Crippen LogP contribution in [0.15, 0.2) is 18.2 Å². The molecule has 1 saturated heterocycles. The first kappa shape index (κ1) is 17.6. The minimum Gasteiger partial charge on any atom is -0.403 e. The number of rotatable bonds is 4. The Morgan fingerprint density at radius 1 is 1.16 bits per heavy atom. The number of hydrogen-bond acceptors (Lipinski definition) is 6. The zero-order valence-electron chi connectivity index (χ0n) is 13.9. The molecule has 1 aromatic carbocycles. The number of carbonyl (C=O) groups is 1. The average molecular weight is 350 g/mol. The first-order valence-electron chi connectivity index (χ1n) is 8.63. The summed E-state index contributed by atoms with van der Waals surface area (Å²) in [6, 6.07) is 4.43. The molecule has 0 atom stereocenters. The third-order valence-corrected chi connectivity index (χ3v) is 4.41. The van der Waals surface area contributed by atoms with Crippen LogP contribution in [0.25, 0.3) is 0 Å². The molecule has 2 fully saturated rings. The van der Waals surface area contributed by atoms with Gasteiger partial charge in [-0.1, -0.05) is 19.3 Å². The number of carbonyl (C=O) groups excluding carboxylic acids is 1. The Balaban J connectivity index is 1.69. The van der Waals surface area contributed by atoms with Crippen LogP contribution in [-0.2, 0) is 9.47 Å². The van der Waals surface area contributed by atoms with Gasteiger partial charge in [-0.2, -0.15) is 0 Å². The topological polar surface area (TPSA) is 99.9 Å². The van der Waals surface area contributed by atoms with Gasteiger partial charge in [0.05, 0.1) is 18.1 Å². The molecule has 25 heavy (non-hydrogen) atoms. The van der Waals surface area contributed by atoms with E-state index in [9.17, 15) is 14.9 Å². The summed E-state index contributed by atoms with van der Waals surface area (Å²) < 4.78 is 16.1. The van der Waals surface area contributed by atoms with E-state index in [1.807, 2.05) is 0 Å². The largest absolute Gasteiger partial charge is 0.413 e. The summed E-state index contributed by atoms with van der Waals surface area (Å²) in [4.78, 5) is 22.8. The van der Waals surface area contributed by atoms with Gasteiger partial charge in [0.1, 0.15) is 0 Å². The number of nitro benzene ring substituents is 1. The third kappa shape index (κ3) is 4.67. The Bertz CT molecular complexity index is 624. The predicted molar refractivity (Wildman–Crippen MR) is 88.4 cm³/mol. The minimum absolute atomic E-state index is 0.0728. The Kier molecular flexibility index (Phi) is 5.83. The smallest absolute Gasteiger partial charge is 0.403 e. The molecular weight excluding hydrogens is 328 g/mol. The fourth-order valence-electron chi connectivity index (χ4n) is 3.13. The number of nitro groups is 1. The van der Waals surface area contributed by atoms with E-state index in [1.165, 1.54) is 18.6 Å². The van der Waals surface area contributed by atoms with Crippen molar-refractivity contribution in [3.05, 3.63) is 33.9 Å². The van der Waals surface area contributed by atoms with E-state index in [2.05, 4.69) is 5.32 Å². The fourth-order valence-corrected chi connectivity index (χ4v) is 3.13. The highest BCUT2D eigenvalue weighted by atomic mass is 16.7. The van der Waals surface area contributed by atoms with Crippen LogP contribution in [0.1, 0.15) is 50.4 Å². The number of nitrogens with one attached hydrogen (secondary N) is 1. The van der Waals surface area contributed by atoms with Crippen LogP contribution in [-0.4, -0.2) is 30.3 Å². The van der Waals surface area contributed by atoms with Crippen molar-refractivity contribution in [1.29, 1.82) is 0 Å². The number of nitrogens with zero attached hydrogens (tertiary/aromatic N) is 1. The summed E-state index contributed by atoms with van der Waals surface area (Å²) in [6.45, 7) is 1.08. The quantitative estimate of drug-likeness (QED) is 0.659. The van der Waals surface area contributed by atoms with E-state index in [1.54, 1.807) is 6.07 Å². The molecule has 3 rings (SSSR count). The Morgan fingerprint density at radius 2 is 1.88 bits per heavy atom. The van der Waals surface area contributed by atoms with E-state index in [4.69, 9.17) is 14.2 Å². The molecule has 1 amide bonds. The SMILES string of the molecule is O=C(NC1CCCCC1)Oc1ccc(C2OCCCO2)cc1[N+](=O)[O-]. The molecule has 0 radical (unpaired) electrons. The van der Waals surface area contributed by atoms with E-state index in [0.717, 1.165) is 32.1 Å². The maximum Gasteiger partial charge on any atom is 0.413 e. The third-order valence-electron chi connectivity index (χ3n) is 4.41. The molecule has 0 bridgehead atoms. The van der Waals surface area contributed by atoms with Gasteiger partial charge in [0.25, 0.3) is 0 Å². The molecule has 1 saturated carbocycles. The molecule has 1 aliphatic heterocycles. The van der Waals surface area contributed by atoms with Crippen LogP contribution in [0.2, 0.25) is 0 Å². The molecule has 0 spiro atoms. The molecule has 0 unspecified atom stereocenters. The van der Waals surface area contributed by atoms with Crippen LogP contribution < -0.4 is 10.1 Å². The van der Waals surface area contributed by atoms with Crippen molar-refractivity contribution in [2.75, 3.05) is 13.2 Å². The predicted octanol–water partition coefficient (Wildman–Crippen LogP) is 3.45. The highest BCUT2D eigenvalue weighted by Gasteiger charge is 2.25. The van der Waals surface area contributed by atoms with Crippen LogP contribution in [0.5, 0.6) is 5.75 Å². The van der Waals surface area contributed by atoms with Crippen molar-refractivity contribution in [3.8, 4) is 5.75 Å². The van der Waals surface area contributed by atoms with Gasteiger partial charge in [0.15, 0.2) is 6.29 Å². The van der Waals surface area contributed by atoms with E-state index >= 15 is 0 Å². The summed E-state index contributed by atoms with van der Waals surface area (Å²) in [6.07, 6.45) is 4.64. The first-order valence-corrected chi connectivity index (χ1v) is 8.63. The lowest BCUT2D eigenvalue weighted by molar-refractivity contribution is -0.385. The van der Waals surface area contributed by atoms with Gasteiger partial charge >= 0.3 is 11.8 Å². The molecular formula is C17H22N2O6. The molecule has 1 N–H and O–H groups in total. The molecule has 1 heterocycles. The standard InChI is InChI=1S/C17H22N2O6/c20-17(18-13-5-2-1-3-6-13)25-15-8-7-12(11-14(15)19(21)22)16-23-9-4-10-24-16/h7-8,11,13,16H,1-6,9-10H2,(H,18,20). The molecule has 8 nitrogen and oxygen atoms in total. The summed E-state index contributed by atoms with van der Waals surface area (Å²) in [5.74, 6) is -0.0853. The maximum atomic E-state index is 12.0. The molecule has 0 aromatic heterocycles. The second kappa shape index (κ2) is 8.26. The normalized spacial score (nSPS) is 19.4. The van der Waals surface area contributed by atoms with Crippen LogP contribution in [0.4, 0.5) is 10.5 Å². The molecule has 1 aliphatic carbocycles. The zero-order chi connectivity index (χ0) is 17.6. The van der Waals surface area contributed by atoms with Crippen molar-refractivity contribution in [1.82, 2.24) is 5.32 Å². The summed E-state index contributed by atoms with van der Waals surface area (Å²) in [5.41, 5.74) is 0.250. The molecule has 1 aromatic rings. The summed E-state index contributed by atoms with van der Waals surface area (Å²) >= 11 is 0. The van der Waals surface area contributed by atoms with Crippen molar-refractivity contribution >= 4 is 11.8 Å². The van der Waals surface area contributed by atoms with Crippen molar-refractivity contribution in [2.45, 2.75) is 50.9 Å². The Hall–Kier alpha value is -2.19. The van der Waals surface area contributed by atoms with Crippen molar-refractivity contribution in [2.24, 2.45) is 0 Å². The number of hydrogen-bond donors (Lipinski definition) is 1. The van der Waals surface area contributed by atoms with E-state index in [0.29, 0.717) is 18.8 Å². The van der Waals surface area contributed by atoms with Gasteiger partial charge in [-0.05, 0) is 31.4 Å². The lowest BCUT2D eigenvalue weighted by atomic mass is 9.96. The first-order chi connectivity index (χ1) is 12.1. The van der Waals surface area contributed by atoms with E-state index < -0.39 is 17.3 Å². The minimum atomic E-state index is -0.659. The number of amides is 1. The van der Waals surface area contributed by atoms with Crippen LogP contribution >= 0.6 is 0 Å². The molecule has 8 heteroatoms. The fraction of sp³-hybridized carbons (Fsp3) is 0.588. The zero-order valence-corrected chi connectivity index (χ0v) is 13.9. The molecule has 2 aliphatic rings. The second-order valence-electron chi connectivity index (χ2n) is 6.28. The lowest BCUT2D eigenvalue weighted by Crippen LogP contribution is -2.38. The van der Waals surface area contributed by atoms with Gasteiger partial charge in [-0.3, -0.25) is 10.1 Å². The average Bonchev–Trinajstić information content (AvgIpc) is 2.63. The van der Waals surface area contributed by atoms with E-state index in [-0.39, 0.29) is 17.5 Å². The van der Waals surface area contributed by atoms with Gasteiger partial charge in [0, 0.05) is 17.7 Å². The number of ether oxygens (including phenoxy) is 3. The molecule has 136 valence electrons. The Labute approximate surface area is 145 Å². The summed E-state index contributed by atoms with van der Waals surface area (Å²) in [5, 5.41) is 14.1. The van der Waals surface area contributed by atoms with Gasteiger partial charge < -0.3 is 19.5 Å². The highest BCUT2D eigenvalue weighted by molar-refractivity contribution is 5.72. The monoisotopic (exact) mass is 350 g/mol. The lowest BCUT2D eigenvalue weighted by Gasteiger charge is -2.23. The number of benzene rings is 1. The highest BCUT2D eigenvalue weighted by Crippen LogP contribution is 2.33. The van der Waals surface area contributed by atoms with Gasteiger partial charge in [-0.15, -0.1) is 0 Å². The van der Waals surface area contributed by atoms with Crippen molar-refractivity contribution in [3.63, 3.8) is 0 Å². The van der Waals surface area contributed by atoms with Crippen LogP contribution in [0, 0.1) is 10.1 Å². The van der Waals surface area contributed by atoms with Crippen molar-refractivity contribution < 1.29 is 23.9 Å². The van der Waals surface area contributed by atoms with Gasteiger partial charge in [-0.25, -0.2) is 4.79 Å². The maximum absolute atomic E-state index is 12.0. The Morgan fingerprint density at radius 3 is 2.56 bits per heavy atom. The van der Waals surface area contributed by atoms with Gasteiger partial charge in [0.2, 0.25) is 5.75 Å².